The fourth-order valence-electron chi connectivity index (χ4n) is 3.39. The van der Waals surface area contributed by atoms with Crippen molar-refractivity contribution < 1.29 is 18.5 Å². The molecule has 1 aliphatic heterocycles. The molecule has 4 rings (SSSR count). The van der Waals surface area contributed by atoms with E-state index in [-0.39, 0.29) is 18.4 Å². The Morgan fingerprint density at radius 1 is 1.07 bits per heavy atom. The largest absolute Gasteiger partial charge is 0.472 e. The summed E-state index contributed by atoms with van der Waals surface area (Å²) in [6, 6.07) is 10.2. The summed E-state index contributed by atoms with van der Waals surface area (Å²) >= 11 is 0. The van der Waals surface area contributed by atoms with Crippen molar-refractivity contribution >= 4 is 11.8 Å². The van der Waals surface area contributed by atoms with Gasteiger partial charge in [-0.15, -0.1) is 0 Å². The summed E-state index contributed by atoms with van der Waals surface area (Å²) in [5, 5.41) is 3.87. The number of aromatic nitrogens is 2. The number of carbonyl (C=O) groups excluding carboxylic acids is 2. The molecule has 2 amide bonds. The van der Waals surface area contributed by atoms with Crippen molar-refractivity contribution in [2.45, 2.75) is 19.4 Å². The maximum atomic E-state index is 13.2. The molecule has 0 aliphatic carbocycles. The number of benzene rings is 1. The van der Waals surface area contributed by atoms with Crippen LogP contribution in [0.4, 0.5) is 0 Å². The Balaban J connectivity index is 1.66. The molecule has 0 N–H and O–H groups in total. The molecule has 0 radical (unpaired) electrons. The van der Waals surface area contributed by atoms with E-state index in [0.29, 0.717) is 42.4 Å². The average molecular weight is 380 g/mol. The maximum absolute atomic E-state index is 13.2. The first-order chi connectivity index (χ1) is 13.6. The lowest BCUT2D eigenvalue weighted by Gasteiger charge is -2.29. The summed E-state index contributed by atoms with van der Waals surface area (Å²) < 4.78 is 10.4. The van der Waals surface area contributed by atoms with E-state index in [1.54, 1.807) is 34.9 Å². The fraction of sp³-hybridized carbons (Fsp3) is 0.300. The molecule has 1 fully saturated rings. The zero-order chi connectivity index (χ0) is 19.5. The highest BCUT2D eigenvalue weighted by atomic mass is 16.5. The molecular formula is C20H20N4O4. The zero-order valence-corrected chi connectivity index (χ0v) is 15.4. The Kier molecular flexibility index (Phi) is 4.92. The Hall–Kier alpha value is -3.42. The van der Waals surface area contributed by atoms with Gasteiger partial charge in [-0.2, -0.15) is 4.98 Å². The first kappa shape index (κ1) is 18.0. The molecule has 3 aromatic rings. The quantitative estimate of drug-likeness (QED) is 0.694. The molecule has 8 nitrogen and oxygen atoms in total. The summed E-state index contributed by atoms with van der Waals surface area (Å²) in [6.07, 6.45) is 3.53. The lowest BCUT2D eigenvalue weighted by atomic mass is 10.1. The normalized spacial score (nSPS) is 17.4. The number of carbonyl (C=O) groups is 2. The van der Waals surface area contributed by atoms with Crippen LogP contribution in [-0.4, -0.2) is 51.4 Å². The molecule has 8 heteroatoms. The Labute approximate surface area is 161 Å². The van der Waals surface area contributed by atoms with Crippen molar-refractivity contribution in [3.63, 3.8) is 0 Å². The number of amides is 2. The van der Waals surface area contributed by atoms with Crippen molar-refractivity contribution in [3.05, 3.63) is 71.8 Å². The molecule has 0 saturated carbocycles. The van der Waals surface area contributed by atoms with E-state index in [4.69, 9.17) is 8.94 Å². The lowest BCUT2D eigenvalue weighted by molar-refractivity contribution is 0.0592. The minimum absolute atomic E-state index is 0.126. The van der Waals surface area contributed by atoms with Gasteiger partial charge in [0.2, 0.25) is 0 Å². The van der Waals surface area contributed by atoms with Crippen LogP contribution in [0.3, 0.4) is 0 Å². The molecule has 28 heavy (non-hydrogen) atoms. The van der Waals surface area contributed by atoms with Crippen LogP contribution in [0.5, 0.6) is 0 Å². The van der Waals surface area contributed by atoms with E-state index in [0.717, 1.165) is 0 Å². The Bertz CT molecular complexity index is 952. The predicted octanol–water partition coefficient (Wildman–Crippen LogP) is 2.70. The first-order valence-electron chi connectivity index (χ1n) is 9.11. The van der Waals surface area contributed by atoms with Crippen LogP contribution in [0.25, 0.3) is 0 Å². The first-order valence-corrected chi connectivity index (χ1v) is 9.11. The van der Waals surface area contributed by atoms with E-state index < -0.39 is 6.04 Å². The minimum atomic E-state index is -0.521. The summed E-state index contributed by atoms with van der Waals surface area (Å²) in [4.78, 5) is 33.7. The molecule has 0 bridgehead atoms. The van der Waals surface area contributed by atoms with Gasteiger partial charge in [-0.1, -0.05) is 23.4 Å². The summed E-state index contributed by atoms with van der Waals surface area (Å²) in [6.45, 7) is 2.99. The third kappa shape index (κ3) is 3.53. The van der Waals surface area contributed by atoms with E-state index in [2.05, 4.69) is 10.1 Å². The van der Waals surface area contributed by atoms with Crippen LogP contribution in [0.2, 0.25) is 0 Å². The molecule has 1 unspecified atom stereocenters. The molecule has 0 spiro atoms. The van der Waals surface area contributed by atoms with Gasteiger partial charge in [0.25, 0.3) is 17.7 Å². The average Bonchev–Trinajstić information content (AvgIpc) is 3.35. The number of hydrogen-bond acceptors (Lipinski definition) is 6. The van der Waals surface area contributed by atoms with Gasteiger partial charge < -0.3 is 18.7 Å². The lowest BCUT2D eigenvalue weighted by Crippen LogP contribution is -2.40. The van der Waals surface area contributed by atoms with E-state index >= 15 is 0 Å². The smallest absolute Gasteiger partial charge is 0.257 e. The monoisotopic (exact) mass is 380 g/mol. The topological polar surface area (TPSA) is 92.7 Å². The number of rotatable bonds is 3. The Morgan fingerprint density at radius 3 is 2.57 bits per heavy atom. The molecule has 1 saturated heterocycles. The van der Waals surface area contributed by atoms with Crippen molar-refractivity contribution in [1.82, 2.24) is 19.9 Å². The highest BCUT2D eigenvalue weighted by Gasteiger charge is 2.35. The van der Waals surface area contributed by atoms with Crippen molar-refractivity contribution in [3.8, 4) is 0 Å². The minimum Gasteiger partial charge on any atom is -0.472 e. The zero-order valence-electron chi connectivity index (χ0n) is 15.4. The van der Waals surface area contributed by atoms with Gasteiger partial charge in [0.05, 0.1) is 18.4 Å². The third-order valence-electron chi connectivity index (χ3n) is 4.76. The van der Waals surface area contributed by atoms with Gasteiger partial charge >= 0.3 is 0 Å². The van der Waals surface area contributed by atoms with Crippen LogP contribution < -0.4 is 0 Å². The Morgan fingerprint density at radius 2 is 1.89 bits per heavy atom. The molecule has 2 aromatic heterocycles. The van der Waals surface area contributed by atoms with Gasteiger partial charge in [0.15, 0.2) is 5.82 Å². The van der Waals surface area contributed by atoms with Crippen LogP contribution in [0.1, 0.15) is 44.9 Å². The standard InChI is InChI=1S/C20H20N4O4/c1-14-21-18(28-22-14)17-12-23(19(25)16-8-11-27-13-16)9-5-10-24(17)20(26)15-6-3-2-4-7-15/h2-4,6-8,11,13,17H,5,9-10,12H2,1H3. The second-order valence-corrected chi connectivity index (χ2v) is 6.68. The summed E-state index contributed by atoms with van der Waals surface area (Å²) in [5.41, 5.74) is 1.06. The summed E-state index contributed by atoms with van der Waals surface area (Å²) in [5.74, 6) is 0.538. The summed E-state index contributed by atoms with van der Waals surface area (Å²) in [7, 11) is 0. The van der Waals surface area contributed by atoms with Gasteiger partial charge in [-0.05, 0) is 31.5 Å². The number of hydrogen-bond donors (Lipinski definition) is 0. The maximum Gasteiger partial charge on any atom is 0.257 e. The fourth-order valence-corrected chi connectivity index (χ4v) is 3.39. The van der Waals surface area contributed by atoms with E-state index in [1.165, 1.54) is 12.5 Å². The van der Waals surface area contributed by atoms with Gasteiger partial charge in [0, 0.05) is 18.7 Å². The molecule has 1 aliphatic rings. The number of nitrogens with zero attached hydrogens (tertiary/aromatic N) is 4. The van der Waals surface area contributed by atoms with Crippen molar-refractivity contribution in [2.24, 2.45) is 0 Å². The van der Waals surface area contributed by atoms with Crippen molar-refractivity contribution in [1.29, 1.82) is 0 Å². The van der Waals surface area contributed by atoms with Crippen LogP contribution in [0, 0.1) is 6.92 Å². The molecule has 3 heterocycles. The van der Waals surface area contributed by atoms with Gasteiger partial charge in [-0.3, -0.25) is 9.59 Å². The molecular weight excluding hydrogens is 360 g/mol. The highest BCUT2D eigenvalue weighted by Crippen LogP contribution is 2.27. The van der Waals surface area contributed by atoms with E-state index in [1.807, 2.05) is 18.2 Å². The number of aryl methyl sites for hydroxylation is 1. The van der Waals surface area contributed by atoms with E-state index in [9.17, 15) is 9.59 Å². The predicted molar refractivity (Wildman–Crippen MR) is 98.5 cm³/mol. The third-order valence-corrected chi connectivity index (χ3v) is 4.76. The molecule has 1 atom stereocenters. The highest BCUT2D eigenvalue weighted by molar-refractivity contribution is 5.95. The molecule has 1 aromatic carbocycles. The second kappa shape index (κ2) is 7.67. The number of furan rings is 1. The van der Waals surface area contributed by atoms with Crippen LogP contribution in [0.15, 0.2) is 57.9 Å². The van der Waals surface area contributed by atoms with Gasteiger partial charge in [0.1, 0.15) is 12.3 Å². The van der Waals surface area contributed by atoms with Crippen LogP contribution in [-0.2, 0) is 0 Å². The van der Waals surface area contributed by atoms with Crippen molar-refractivity contribution in [2.75, 3.05) is 19.6 Å². The van der Waals surface area contributed by atoms with Gasteiger partial charge in [-0.25, -0.2) is 0 Å². The SMILES string of the molecule is Cc1noc(C2CN(C(=O)c3ccoc3)CCCN2C(=O)c2ccccc2)n1. The molecule has 144 valence electrons. The van der Waals surface area contributed by atoms with Crippen LogP contribution >= 0.6 is 0 Å². The second-order valence-electron chi connectivity index (χ2n) is 6.68.